The molecule has 0 aromatic heterocycles. The van der Waals surface area contributed by atoms with Crippen molar-refractivity contribution in [1.82, 2.24) is 5.32 Å². The minimum atomic E-state index is 0.461. The van der Waals surface area contributed by atoms with E-state index in [-0.39, 0.29) is 0 Å². The Bertz CT molecular complexity index is 427. The zero-order valence-corrected chi connectivity index (χ0v) is 12.4. The number of rotatable bonds is 4. The predicted molar refractivity (Wildman–Crippen MR) is 76.2 cm³/mol. The third-order valence-electron chi connectivity index (χ3n) is 4.35. The molecule has 2 heteroatoms. The Morgan fingerprint density at radius 2 is 1.78 bits per heavy atom. The minimum absolute atomic E-state index is 0.461. The summed E-state index contributed by atoms with van der Waals surface area (Å²) < 4.78 is 5.44. The van der Waals surface area contributed by atoms with Gasteiger partial charge >= 0.3 is 0 Å². The number of hydrogen-bond donors (Lipinski definition) is 1. The van der Waals surface area contributed by atoms with Crippen LogP contribution in [-0.2, 0) is 0 Å². The maximum absolute atomic E-state index is 5.44. The van der Waals surface area contributed by atoms with E-state index in [1.165, 1.54) is 23.1 Å². The van der Waals surface area contributed by atoms with Crippen molar-refractivity contribution in [3.05, 3.63) is 28.8 Å². The van der Waals surface area contributed by atoms with Gasteiger partial charge in [0.1, 0.15) is 5.75 Å². The Morgan fingerprint density at radius 3 is 2.11 bits per heavy atom. The average Bonchev–Trinajstić information content (AvgIpc) is 2.88. The van der Waals surface area contributed by atoms with Crippen LogP contribution in [0.25, 0.3) is 0 Å². The van der Waals surface area contributed by atoms with Gasteiger partial charge in [-0.2, -0.15) is 0 Å². The van der Waals surface area contributed by atoms with Crippen molar-refractivity contribution in [1.29, 1.82) is 0 Å². The van der Waals surface area contributed by atoms with Crippen molar-refractivity contribution < 1.29 is 4.74 Å². The summed E-state index contributed by atoms with van der Waals surface area (Å²) in [6, 6.07) is 4.99. The maximum Gasteiger partial charge on any atom is 0.124 e. The van der Waals surface area contributed by atoms with Gasteiger partial charge < -0.3 is 10.1 Å². The molecular formula is C16H25NO. The molecular weight excluding hydrogens is 222 g/mol. The lowest BCUT2D eigenvalue weighted by Crippen LogP contribution is -2.20. The molecule has 2 atom stereocenters. The highest BCUT2D eigenvalue weighted by Gasteiger charge is 2.50. The van der Waals surface area contributed by atoms with E-state index in [1.54, 1.807) is 7.11 Å². The molecule has 1 N–H and O–H groups in total. The van der Waals surface area contributed by atoms with Crippen LogP contribution in [0.2, 0.25) is 0 Å². The molecule has 100 valence electrons. The average molecular weight is 247 g/mol. The molecule has 2 unspecified atom stereocenters. The molecule has 0 saturated heterocycles. The molecule has 0 bridgehead atoms. The first kappa shape index (κ1) is 13.4. The monoisotopic (exact) mass is 247 g/mol. The summed E-state index contributed by atoms with van der Waals surface area (Å²) in [4.78, 5) is 0. The normalized spacial score (nSPS) is 22.7. The van der Waals surface area contributed by atoms with Gasteiger partial charge in [0, 0.05) is 6.04 Å². The van der Waals surface area contributed by atoms with Gasteiger partial charge in [-0.25, -0.2) is 0 Å². The molecule has 1 aliphatic rings. The largest absolute Gasteiger partial charge is 0.496 e. The Balaban J connectivity index is 2.33. The van der Waals surface area contributed by atoms with Crippen molar-refractivity contribution in [2.24, 2.45) is 11.3 Å². The third kappa shape index (κ3) is 2.26. The summed E-state index contributed by atoms with van der Waals surface area (Å²) in [5.41, 5.74) is 4.33. The SMILES string of the molecule is CNC(c1cc(C)c(OC)c(C)c1)C1CC1(C)C. The summed E-state index contributed by atoms with van der Waals surface area (Å²) in [5, 5.41) is 3.49. The van der Waals surface area contributed by atoms with Crippen LogP contribution in [0, 0.1) is 25.2 Å². The van der Waals surface area contributed by atoms with Gasteiger partial charge in [0.05, 0.1) is 7.11 Å². The van der Waals surface area contributed by atoms with Gasteiger partial charge in [-0.05, 0) is 55.3 Å². The van der Waals surface area contributed by atoms with Gasteiger partial charge in [0.2, 0.25) is 0 Å². The summed E-state index contributed by atoms with van der Waals surface area (Å²) in [5.74, 6) is 1.76. The molecule has 0 heterocycles. The summed E-state index contributed by atoms with van der Waals surface area (Å²) in [6.07, 6.45) is 1.31. The first-order valence-corrected chi connectivity index (χ1v) is 6.73. The van der Waals surface area contributed by atoms with E-state index in [1.807, 2.05) is 0 Å². The molecule has 1 aromatic carbocycles. The maximum atomic E-state index is 5.44. The molecule has 0 aliphatic heterocycles. The highest BCUT2D eigenvalue weighted by molar-refractivity contribution is 5.44. The molecule has 0 amide bonds. The summed E-state index contributed by atoms with van der Waals surface area (Å²) in [6.45, 7) is 8.96. The van der Waals surface area contributed by atoms with E-state index in [0.717, 1.165) is 11.7 Å². The molecule has 2 nitrogen and oxygen atoms in total. The Morgan fingerprint density at radius 1 is 1.28 bits per heavy atom. The van der Waals surface area contributed by atoms with Crippen LogP contribution in [0.1, 0.15) is 43.0 Å². The molecule has 0 radical (unpaired) electrons. The van der Waals surface area contributed by atoms with E-state index in [9.17, 15) is 0 Å². The summed E-state index contributed by atoms with van der Waals surface area (Å²) in [7, 11) is 3.81. The highest BCUT2D eigenvalue weighted by atomic mass is 16.5. The predicted octanol–water partition coefficient (Wildman–Crippen LogP) is 3.62. The number of hydrogen-bond acceptors (Lipinski definition) is 2. The fourth-order valence-corrected chi connectivity index (χ4v) is 3.16. The van der Waals surface area contributed by atoms with Gasteiger partial charge in [-0.3, -0.25) is 0 Å². The fraction of sp³-hybridized carbons (Fsp3) is 0.625. The van der Waals surface area contributed by atoms with E-state index < -0.39 is 0 Å². The van der Waals surface area contributed by atoms with E-state index >= 15 is 0 Å². The molecule has 1 fully saturated rings. The van der Waals surface area contributed by atoms with E-state index in [4.69, 9.17) is 4.74 Å². The van der Waals surface area contributed by atoms with Crippen LogP contribution in [0.15, 0.2) is 12.1 Å². The topological polar surface area (TPSA) is 21.3 Å². The second-order valence-corrected chi connectivity index (χ2v) is 6.25. The molecule has 2 rings (SSSR count). The lowest BCUT2D eigenvalue weighted by atomic mass is 9.94. The quantitative estimate of drug-likeness (QED) is 0.877. The Kier molecular flexibility index (Phi) is 3.41. The standard InChI is InChI=1S/C16H25NO/c1-10-7-12(8-11(2)15(10)18-6)14(17-5)13-9-16(13,3)4/h7-8,13-14,17H,9H2,1-6H3. The number of methoxy groups -OCH3 is 1. The van der Waals surface area contributed by atoms with Crippen LogP contribution in [0.4, 0.5) is 0 Å². The lowest BCUT2D eigenvalue weighted by Gasteiger charge is -2.21. The lowest BCUT2D eigenvalue weighted by molar-refractivity contribution is 0.406. The van der Waals surface area contributed by atoms with Gasteiger partial charge in [0.15, 0.2) is 0 Å². The molecule has 1 aliphatic carbocycles. The molecule has 1 saturated carbocycles. The van der Waals surface area contributed by atoms with Crippen molar-refractivity contribution in [3.63, 3.8) is 0 Å². The van der Waals surface area contributed by atoms with Crippen LogP contribution in [0.5, 0.6) is 5.75 Å². The number of benzene rings is 1. The van der Waals surface area contributed by atoms with Gasteiger partial charge in [-0.1, -0.05) is 26.0 Å². The van der Waals surface area contributed by atoms with Gasteiger partial charge in [-0.15, -0.1) is 0 Å². The minimum Gasteiger partial charge on any atom is -0.496 e. The molecule has 18 heavy (non-hydrogen) atoms. The smallest absolute Gasteiger partial charge is 0.124 e. The van der Waals surface area contributed by atoms with Crippen LogP contribution in [-0.4, -0.2) is 14.2 Å². The van der Waals surface area contributed by atoms with Crippen molar-refractivity contribution >= 4 is 0 Å². The Labute approximate surface area is 111 Å². The molecule has 0 spiro atoms. The number of aryl methyl sites for hydroxylation is 2. The van der Waals surface area contributed by atoms with Crippen molar-refractivity contribution in [2.45, 2.75) is 40.2 Å². The third-order valence-corrected chi connectivity index (χ3v) is 4.35. The second-order valence-electron chi connectivity index (χ2n) is 6.25. The van der Waals surface area contributed by atoms with E-state index in [0.29, 0.717) is 11.5 Å². The molecule has 1 aromatic rings. The number of nitrogens with one attached hydrogen (secondary N) is 1. The Hall–Kier alpha value is -1.02. The van der Waals surface area contributed by atoms with Crippen molar-refractivity contribution in [2.75, 3.05) is 14.2 Å². The zero-order valence-electron chi connectivity index (χ0n) is 12.4. The zero-order chi connectivity index (χ0) is 13.5. The fourth-order valence-electron chi connectivity index (χ4n) is 3.16. The van der Waals surface area contributed by atoms with Crippen LogP contribution in [0.3, 0.4) is 0 Å². The second kappa shape index (κ2) is 4.58. The van der Waals surface area contributed by atoms with Crippen molar-refractivity contribution in [3.8, 4) is 5.75 Å². The number of ether oxygens (including phenoxy) is 1. The summed E-state index contributed by atoms with van der Waals surface area (Å²) >= 11 is 0. The van der Waals surface area contributed by atoms with Crippen LogP contribution < -0.4 is 10.1 Å². The van der Waals surface area contributed by atoms with E-state index in [2.05, 4.69) is 52.2 Å². The first-order valence-electron chi connectivity index (χ1n) is 6.73. The first-order chi connectivity index (χ1) is 8.40. The van der Waals surface area contributed by atoms with Crippen LogP contribution >= 0.6 is 0 Å². The highest BCUT2D eigenvalue weighted by Crippen LogP contribution is 2.57. The van der Waals surface area contributed by atoms with Gasteiger partial charge in [0.25, 0.3) is 0 Å².